The number of methoxy groups -OCH3 is 1. The van der Waals surface area contributed by atoms with Crippen LogP contribution in [0.5, 0.6) is 0 Å². The smallest absolute Gasteiger partial charge is 0.338 e. The molecule has 4 heteroatoms. The number of ether oxygens (including phenoxy) is 2. The average molecular weight is 223 g/mol. The summed E-state index contributed by atoms with van der Waals surface area (Å²) in [4.78, 5) is 11.7. The Morgan fingerprint density at radius 3 is 2.75 bits per heavy atom. The van der Waals surface area contributed by atoms with E-state index in [4.69, 9.17) is 15.2 Å². The zero-order valence-electron chi connectivity index (χ0n) is 9.82. The van der Waals surface area contributed by atoms with Crippen LogP contribution < -0.4 is 5.73 Å². The van der Waals surface area contributed by atoms with E-state index in [1.807, 2.05) is 6.92 Å². The van der Waals surface area contributed by atoms with Gasteiger partial charge in [-0.05, 0) is 37.6 Å². The lowest BCUT2D eigenvalue weighted by Crippen LogP contribution is -2.19. The normalized spacial score (nSPS) is 12.2. The van der Waals surface area contributed by atoms with Crippen molar-refractivity contribution in [1.29, 1.82) is 0 Å². The summed E-state index contributed by atoms with van der Waals surface area (Å²) in [6, 6.07) is 5.08. The molecule has 1 rings (SSSR count). The number of benzene rings is 1. The summed E-state index contributed by atoms with van der Waals surface area (Å²) >= 11 is 0. The first-order valence-electron chi connectivity index (χ1n) is 5.10. The molecule has 4 nitrogen and oxygen atoms in total. The number of carbonyl (C=O) groups excluding carboxylic acids is 1. The van der Waals surface area contributed by atoms with Crippen molar-refractivity contribution >= 4 is 11.7 Å². The van der Waals surface area contributed by atoms with E-state index in [1.54, 1.807) is 32.2 Å². The van der Waals surface area contributed by atoms with E-state index in [9.17, 15) is 4.79 Å². The van der Waals surface area contributed by atoms with Gasteiger partial charge < -0.3 is 15.2 Å². The number of aryl methyl sites for hydroxylation is 1. The molecule has 0 saturated heterocycles. The Bertz CT molecular complexity index is 377. The molecule has 0 aliphatic heterocycles. The third-order valence-corrected chi connectivity index (χ3v) is 2.22. The van der Waals surface area contributed by atoms with Gasteiger partial charge in [-0.25, -0.2) is 4.79 Å². The van der Waals surface area contributed by atoms with Crippen molar-refractivity contribution in [2.75, 3.05) is 19.5 Å². The second kappa shape index (κ2) is 5.51. The molecule has 0 heterocycles. The summed E-state index contributed by atoms with van der Waals surface area (Å²) < 4.78 is 10.1. The Balaban J connectivity index is 2.69. The quantitative estimate of drug-likeness (QED) is 0.624. The van der Waals surface area contributed by atoms with Crippen LogP contribution in [-0.2, 0) is 9.47 Å². The van der Waals surface area contributed by atoms with Gasteiger partial charge in [0.15, 0.2) is 0 Å². The number of carbonyl (C=O) groups is 1. The fourth-order valence-electron chi connectivity index (χ4n) is 1.32. The predicted molar refractivity (Wildman–Crippen MR) is 62.3 cm³/mol. The lowest BCUT2D eigenvalue weighted by Gasteiger charge is -2.12. The van der Waals surface area contributed by atoms with Crippen LogP contribution in [0.1, 0.15) is 22.8 Å². The zero-order chi connectivity index (χ0) is 12.1. The Hall–Kier alpha value is -1.55. The standard InChI is InChI=1S/C12H17NO3/c1-8-6-10(4-5-11(8)13)12(14)16-9(2)7-15-3/h4-6,9H,7,13H2,1-3H3. The highest BCUT2D eigenvalue weighted by atomic mass is 16.6. The van der Waals surface area contributed by atoms with E-state index in [-0.39, 0.29) is 12.1 Å². The van der Waals surface area contributed by atoms with Gasteiger partial charge in [-0.2, -0.15) is 0 Å². The number of nitrogens with two attached hydrogens (primary N) is 1. The van der Waals surface area contributed by atoms with E-state index in [2.05, 4.69) is 0 Å². The molecular weight excluding hydrogens is 206 g/mol. The molecule has 0 spiro atoms. The van der Waals surface area contributed by atoms with Crippen molar-refractivity contribution in [2.45, 2.75) is 20.0 Å². The largest absolute Gasteiger partial charge is 0.457 e. The topological polar surface area (TPSA) is 61.5 Å². The molecule has 16 heavy (non-hydrogen) atoms. The minimum Gasteiger partial charge on any atom is -0.457 e. The van der Waals surface area contributed by atoms with Crippen molar-refractivity contribution in [2.24, 2.45) is 0 Å². The summed E-state index contributed by atoms with van der Waals surface area (Å²) in [5.41, 5.74) is 7.71. The van der Waals surface area contributed by atoms with Gasteiger partial charge in [0.1, 0.15) is 6.10 Å². The number of hydrogen-bond acceptors (Lipinski definition) is 4. The number of nitrogen functional groups attached to an aromatic ring is 1. The van der Waals surface area contributed by atoms with Crippen LogP contribution in [0, 0.1) is 6.92 Å². The van der Waals surface area contributed by atoms with Crippen molar-refractivity contribution in [3.63, 3.8) is 0 Å². The first-order valence-corrected chi connectivity index (χ1v) is 5.10. The summed E-state index contributed by atoms with van der Waals surface area (Å²) in [5.74, 6) is -0.354. The van der Waals surface area contributed by atoms with Crippen molar-refractivity contribution in [3.8, 4) is 0 Å². The minimum absolute atomic E-state index is 0.254. The second-order valence-corrected chi connectivity index (χ2v) is 3.74. The van der Waals surface area contributed by atoms with Crippen molar-refractivity contribution in [1.82, 2.24) is 0 Å². The average Bonchev–Trinajstić information content (AvgIpc) is 2.22. The molecule has 0 fully saturated rings. The van der Waals surface area contributed by atoms with Crippen LogP contribution in [0.25, 0.3) is 0 Å². The molecule has 88 valence electrons. The maximum Gasteiger partial charge on any atom is 0.338 e. The van der Waals surface area contributed by atoms with Gasteiger partial charge >= 0.3 is 5.97 Å². The first kappa shape index (κ1) is 12.5. The monoisotopic (exact) mass is 223 g/mol. The molecule has 0 radical (unpaired) electrons. The zero-order valence-corrected chi connectivity index (χ0v) is 9.82. The molecule has 1 aromatic carbocycles. The Labute approximate surface area is 95.3 Å². The first-order chi connectivity index (χ1) is 7.54. The van der Waals surface area contributed by atoms with Gasteiger partial charge in [-0.3, -0.25) is 0 Å². The molecule has 0 bridgehead atoms. The number of esters is 1. The fourth-order valence-corrected chi connectivity index (χ4v) is 1.32. The van der Waals surface area contributed by atoms with E-state index in [0.29, 0.717) is 17.9 Å². The predicted octanol–water partition coefficient (Wildman–Crippen LogP) is 1.77. The van der Waals surface area contributed by atoms with Crippen molar-refractivity contribution in [3.05, 3.63) is 29.3 Å². The molecule has 0 aromatic heterocycles. The molecule has 0 aliphatic carbocycles. The van der Waals surface area contributed by atoms with Crippen LogP contribution in [0.4, 0.5) is 5.69 Å². The third kappa shape index (κ3) is 3.24. The molecule has 1 aromatic rings. The van der Waals surface area contributed by atoms with Gasteiger partial charge in [-0.15, -0.1) is 0 Å². The Kier molecular flexibility index (Phi) is 4.31. The van der Waals surface area contributed by atoms with Gasteiger partial charge in [-0.1, -0.05) is 0 Å². The van der Waals surface area contributed by atoms with Crippen LogP contribution >= 0.6 is 0 Å². The van der Waals surface area contributed by atoms with Crippen LogP contribution in [0.3, 0.4) is 0 Å². The molecule has 0 saturated carbocycles. The molecule has 1 atom stereocenters. The Morgan fingerprint density at radius 1 is 1.50 bits per heavy atom. The molecule has 2 N–H and O–H groups in total. The minimum atomic E-state index is -0.354. The summed E-state index contributed by atoms with van der Waals surface area (Å²) in [7, 11) is 1.57. The summed E-state index contributed by atoms with van der Waals surface area (Å²) in [6.07, 6.45) is -0.254. The highest BCUT2D eigenvalue weighted by Crippen LogP contribution is 2.14. The highest BCUT2D eigenvalue weighted by Gasteiger charge is 2.12. The van der Waals surface area contributed by atoms with Crippen molar-refractivity contribution < 1.29 is 14.3 Å². The molecule has 0 amide bonds. The van der Waals surface area contributed by atoms with E-state index in [0.717, 1.165) is 5.56 Å². The maximum absolute atomic E-state index is 11.7. The van der Waals surface area contributed by atoms with Crippen LogP contribution in [0.15, 0.2) is 18.2 Å². The summed E-state index contributed by atoms with van der Waals surface area (Å²) in [5, 5.41) is 0. The van der Waals surface area contributed by atoms with Crippen LogP contribution in [0.2, 0.25) is 0 Å². The van der Waals surface area contributed by atoms with Gasteiger partial charge in [0.2, 0.25) is 0 Å². The summed E-state index contributed by atoms with van der Waals surface area (Å²) in [6.45, 7) is 4.02. The maximum atomic E-state index is 11.7. The molecular formula is C12H17NO3. The molecule has 1 unspecified atom stereocenters. The van der Waals surface area contributed by atoms with Gasteiger partial charge in [0.25, 0.3) is 0 Å². The number of hydrogen-bond donors (Lipinski definition) is 1. The number of anilines is 1. The second-order valence-electron chi connectivity index (χ2n) is 3.74. The van der Waals surface area contributed by atoms with Crippen LogP contribution in [-0.4, -0.2) is 25.8 Å². The van der Waals surface area contributed by atoms with Gasteiger partial charge in [0.05, 0.1) is 12.2 Å². The highest BCUT2D eigenvalue weighted by molar-refractivity contribution is 5.90. The molecule has 0 aliphatic rings. The third-order valence-electron chi connectivity index (χ3n) is 2.22. The van der Waals surface area contributed by atoms with E-state index < -0.39 is 0 Å². The Morgan fingerprint density at radius 2 is 2.19 bits per heavy atom. The fraction of sp³-hybridized carbons (Fsp3) is 0.417. The SMILES string of the molecule is COCC(C)OC(=O)c1ccc(N)c(C)c1. The lowest BCUT2D eigenvalue weighted by atomic mass is 10.1. The van der Waals surface area contributed by atoms with Gasteiger partial charge in [0, 0.05) is 12.8 Å². The lowest BCUT2D eigenvalue weighted by molar-refractivity contribution is 0.0120. The number of rotatable bonds is 4. The van der Waals surface area contributed by atoms with E-state index >= 15 is 0 Å². The van der Waals surface area contributed by atoms with E-state index in [1.165, 1.54) is 0 Å².